The summed E-state index contributed by atoms with van der Waals surface area (Å²) in [5, 5.41) is 6.06. The van der Waals surface area contributed by atoms with E-state index in [9.17, 15) is 13.2 Å². The van der Waals surface area contributed by atoms with Crippen LogP contribution in [0, 0.1) is 13.8 Å². The third kappa shape index (κ3) is 3.88. The molecule has 1 aliphatic rings. The maximum absolute atomic E-state index is 12.6. The SMILES string of the molecule is Cc1cc([C@H](C)NC(=O)c2ccc(NC3=NS(=O)(=O)c4ccccc43)cc2)c(C)s1. The Balaban J connectivity index is 1.47. The molecular formula is C22H21N3O3S2. The molecule has 1 atom stereocenters. The summed E-state index contributed by atoms with van der Waals surface area (Å²) in [5.41, 5.74) is 2.84. The second-order valence-corrected chi connectivity index (χ2v) is 10.2. The van der Waals surface area contributed by atoms with Crippen LogP contribution in [-0.4, -0.2) is 20.2 Å². The number of nitrogens with one attached hydrogen (secondary N) is 2. The molecule has 1 aliphatic heterocycles. The van der Waals surface area contributed by atoms with Gasteiger partial charge in [0.25, 0.3) is 15.9 Å². The van der Waals surface area contributed by atoms with Crippen molar-refractivity contribution in [3.8, 4) is 0 Å². The second-order valence-electron chi connectivity index (χ2n) is 7.18. The Labute approximate surface area is 179 Å². The Hall–Kier alpha value is -2.97. The van der Waals surface area contributed by atoms with Gasteiger partial charge in [-0.05, 0) is 68.8 Å². The number of sulfonamides is 1. The van der Waals surface area contributed by atoms with Crippen molar-refractivity contribution >= 4 is 38.8 Å². The van der Waals surface area contributed by atoms with Crippen molar-refractivity contribution in [3.05, 3.63) is 81.0 Å². The quantitative estimate of drug-likeness (QED) is 0.630. The summed E-state index contributed by atoms with van der Waals surface area (Å²) < 4.78 is 28.1. The van der Waals surface area contributed by atoms with Crippen LogP contribution in [0.3, 0.4) is 0 Å². The lowest BCUT2D eigenvalue weighted by atomic mass is 10.1. The average molecular weight is 440 g/mol. The summed E-state index contributed by atoms with van der Waals surface area (Å²) in [4.78, 5) is 15.2. The van der Waals surface area contributed by atoms with Crippen LogP contribution >= 0.6 is 11.3 Å². The summed E-state index contributed by atoms with van der Waals surface area (Å²) in [6, 6.07) is 15.6. The van der Waals surface area contributed by atoms with Crippen LogP contribution in [0.5, 0.6) is 0 Å². The average Bonchev–Trinajstić information content (AvgIpc) is 3.18. The van der Waals surface area contributed by atoms with Gasteiger partial charge in [0.15, 0.2) is 5.84 Å². The lowest BCUT2D eigenvalue weighted by molar-refractivity contribution is 0.0940. The Morgan fingerprint density at radius 2 is 1.77 bits per heavy atom. The van der Waals surface area contributed by atoms with Gasteiger partial charge in [0.05, 0.1) is 6.04 Å². The number of rotatable bonds is 4. The molecule has 30 heavy (non-hydrogen) atoms. The van der Waals surface area contributed by atoms with E-state index in [1.165, 1.54) is 15.8 Å². The number of aryl methyl sites for hydroxylation is 2. The van der Waals surface area contributed by atoms with E-state index in [0.717, 1.165) is 5.56 Å². The zero-order valence-corrected chi connectivity index (χ0v) is 18.4. The molecule has 0 spiro atoms. The first-order chi connectivity index (χ1) is 14.2. The molecule has 2 aromatic carbocycles. The van der Waals surface area contributed by atoms with Gasteiger partial charge in [0.2, 0.25) is 0 Å². The fourth-order valence-electron chi connectivity index (χ4n) is 3.48. The van der Waals surface area contributed by atoms with E-state index in [4.69, 9.17) is 0 Å². The van der Waals surface area contributed by atoms with E-state index in [1.54, 1.807) is 53.8 Å². The van der Waals surface area contributed by atoms with Gasteiger partial charge in [-0.15, -0.1) is 15.7 Å². The first kappa shape index (κ1) is 20.3. The number of carbonyl (C=O) groups excluding carboxylic acids is 1. The van der Waals surface area contributed by atoms with E-state index in [1.807, 2.05) is 6.92 Å². The molecule has 0 saturated heterocycles. The highest BCUT2D eigenvalue weighted by atomic mass is 32.2. The molecule has 0 saturated carbocycles. The van der Waals surface area contributed by atoms with Gasteiger partial charge in [-0.25, -0.2) is 0 Å². The van der Waals surface area contributed by atoms with Crippen molar-refractivity contribution in [1.82, 2.24) is 5.32 Å². The molecule has 6 nitrogen and oxygen atoms in total. The fraction of sp³-hybridized carbons (Fsp3) is 0.182. The predicted molar refractivity (Wildman–Crippen MR) is 120 cm³/mol. The predicted octanol–water partition coefficient (Wildman–Crippen LogP) is 4.42. The summed E-state index contributed by atoms with van der Waals surface area (Å²) in [6.45, 7) is 6.08. The fourth-order valence-corrected chi connectivity index (χ4v) is 5.67. The van der Waals surface area contributed by atoms with Gasteiger partial charge in [-0.1, -0.05) is 12.1 Å². The van der Waals surface area contributed by atoms with Crippen molar-refractivity contribution < 1.29 is 13.2 Å². The molecule has 3 aromatic rings. The molecule has 0 aliphatic carbocycles. The number of carbonyl (C=O) groups is 1. The van der Waals surface area contributed by atoms with Crippen LogP contribution < -0.4 is 10.6 Å². The van der Waals surface area contributed by atoms with Crippen molar-refractivity contribution in [2.75, 3.05) is 5.32 Å². The lowest BCUT2D eigenvalue weighted by Gasteiger charge is -2.14. The number of fused-ring (bicyclic) bond motifs is 1. The van der Waals surface area contributed by atoms with Crippen molar-refractivity contribution in [3.63, 3.8) is 0 Å². The third-order valence-corrected chi connectivity index (χ3v) is 7.25. The molecule has 154 valence electrons. The van der Waals surface area contributed by atoms with Crippen molar-refractivity contribution in [2.45, 2.75) is 31.7 Å². The molecule has 2 N–H and O–H groups in total. The van der Waals surface area contributed by atoms with Gasteiger partial charge >= 0.3 is 0 Å². The number of anilines is 1. The number of amides is 1. The van der Waals surface area contributed by atoms with Crippen LogP contribution in [0.2, 0.25) is 0 Å². The number of hydrogen-bond donors (Lipinski definition) is 2. The lowest BCUT2D eigenvalue weighted by Crippen LogP contribution is -2.26. The largest absolute Gasteiger partial charge is 0.345 e. The molecule has 1 amide bonds. The van der Waals surface area contributed by atoms with Gasteiger partial charge in [-0.2, -0.15) is 8.42 Å². The summed E-state index contributed by atoms with van der Waals surface area (Å²) >= 11 is 1.72. The number of hydrogen-bond acceptors (Lipinski definition) is 5. The Kier molecular flexibility index (Phi) is 5.21. The molecule has 8 heteroatoms. The highest BCUT2D eigenvalue weighted by Gasteiger charge is 2.28. The number of thiophene rings is 1. The molecule has 4 rings (SSSR count). The molecule has 0 fully saturated rings. The molecular weight excluding hydrogens is 418 g/mol. The number of nitrogens with zero attached hydrogens (tertiary/aromatic N) is 1. The normalized spacial score (nSPS) is 15.2. The summed E-state index contributed by atoms with van der Waals surface area (Å²) in [5.74, 6) is 0.114. The standard InChI is InChI=1S/C22H21N3O3S2/c1-13-12-19(15(3)29-13)14(2)23-22(26)16-8-10-17(11-9-16)24-21-18-6-4-5-7-20(18)30(27,28)25-21/h4-12,14H,1-3H3,(H,23,26)(H,24,25)/t14-/m0/s1. The van der Waals surface area contributed by atoms with Crippen LogP contribution in [0.4, 0.5) is 5.69 Å². The van der Waals surface area contributed by atoms with Gasteiger partial charge in [0.1, 0.15) is 4.90 Å². The maximum atomic E-state index is 12.6. The Bertz CT molecular complexity index is 1260. The Morgan fingerprint density at radius 1 is 1.07 bits per heavy atom. The minimum absolute atomic E-state index is 0.0881. The smallest absolute Gasteiger partial charge is 0.285 e. The number of benzene rings is 2. The highest BCUT2D eigenvalue weighted by molar-refractivity contribution is 7.90. The minimum Gasteiger partial charge on any atom is -0.345 e. The van der Waals surface area contributed by atoms with E-state index in [-0.39, 0.29) is 22.7 Å². The van der Waals surface area contributed by atoms with Gasteiger partial charge < -0.3 is 10.6 Å². The topological polar surface area (TPSA) is 87.6 Å². The zero-order chi connectivity index (χ0) is 21.5. The third-order valence-electron chi connectivity index (χ3n) is 4.93. The zero-order valence-electron chi connectivity index (χ0n) is 16.8. The molecule has 0 unspecified atom stereocenters. The van der Waals surface area contributed by atoms with Gasteiger partial charge in [-0.3, -0.25) is 4.79 Å². The van der Waals surface area contributed by atoms with Crippen molar-refractivity contribution in [1.29, 1.82) is 0 Å². The summed E-state index contributed by atoms with van der Waals surface area (Å²) in [7, 11) is -3.68. The van der Waals surface area contributed by atoms with Crippen LogP contribution in [0.15, 0.2) is 63.9 Å². The van der Waals surface area contributed by atoms with Crippen LogP contribution in [0.1, 0.15) is 44.2 Å². The van der Waals surface area contributed by atoms with E-state index >= 15 is 0 Å². The highest BCUT2D eigenvalue weighted by Crippen LogP contribution is 2.28. The molecule has 2 heterocycles. The first-order valence-electron chi connectivity index (χ1n) is 9.44. The van der Waals surface area contributed by atoms with Crippen LogP contribution in [-0.2, 0) is 10.0 Å². The molecule has 1 aromatic heterocycles. The van der Waals surface area contributed by atoms with Crippen LogP contribution in [0.25, 0.3) is 0 Å². The molecule has 0 bridgehead atoms. The van der Waals surface area contributed by atoms with Gasteiger partial charge in [0, 0.05) is 26.6 Å². The molecule has 0 radical (unpaired) electrons. The van der Waals surface area contributed by atoms with E-state index < -0.39 is 10.0 Å². The number of amidine groups is 1. The monoisotopic (exact) mass is 439 g/mol. The second kappa shape index (κ2) is 7.70. The minimum atomic E-state index is -3.68. The van der Waals surface area contributed by atoms with Crippen molar-refractivity contribution in [2.24, 2.45) is 4.40 Å². The Morgan fingerprint density at radius 3 is 2.43 bits per heavy atom. The van der Waals surface area contributed by atoms with E-state index in [0.29, 0.717) is 16.8 Å². The van der Waals surface area contributed by atoms with E-state index in [2.05, 4.69) is 34.9 Å². The summed E-state index contributed by atoms with van der Waals surface area (Å²) in [6.07, 6.45) is 0. The maximum Gasteiger partial charge on any atom is 0.285 e. The first-order valence-corrected chi connectivity index (χ1v) is 11.7.